The number of ether oxygens (including phenoxy) is 2. The Bertz CT molecular complexity index is 434. The summed E-state index contributed by atoms with van der Waals surface area (Å²) in [6.45, 7) is 4.92. The number of rotatable bonds is 9. The van der Waals surface area contributed by atoms with Gasteiger partial charge < -0.3 is 25.4 Å². The molecule has 1 aromatic rings. The molecule has 0 spiro atoms. The van der Waals surface area contributed by atoms with Crippen molar-refractivity contribution >= 4 is 11.6 Å². The second-order valence-electron chi connectivity index (χ2n) is 5.04. The van der Waals surface area contributed by atoms with Crippen LogP contribution in [-0.4, -0.2) is 53.0 Å². The Labute approximate surface area is 133 Å². The molecule has 6 nitrogen and oxygen atoms in total. The Balaban J connectivity index is 2.39. The van der Waals surface area contributed by atoms with Crippen LogP contribution in [0.5, 0.6) is 0 Å². The first-order valence-electron chi connectivity index (χ1n) is 7.47. The van der Waals surface area contributed by atoms with Crippen molar-refractivity contribution in [3.05, 3.63) is 29.8 Å². The minimum Gasteiger partial charge on any atom is -0.383 e. The van der Waals surface area contributed by atoms with Gasteiger partial charge in [0.25, 0.3) is 0 Å². The zero-order valence-corrected chi connectivity index (χ0v) is 14.0. The van der Waals surface area contributed by atoms with Crippen LogP contribution in [0.15, 0.2) is 29.3 Å². The minimum atomic E-state index is 0.212. The summed E-state index contributed by atoms with van der Waals surface area (Å²) in [5.41, 5.74) is 2.29. The molecule has 124 valence electrons. The summed E-state index contributed by atoms with van der Waals surface area (Å²) < 4.78 is 10.1. The van der Waals surface area contributed by atoms with E-state index in [4.69, 9.17) is 9.47 Å². The van der Waals surface area contributed by atoms with Crippen LogP contribution in [-0.2, 0) is 16.0 Å². The Hall–Kier alpha value is -1.79. The van der Waals surface area contributed by atoms with Gasteiger partial charge in [0.2, 0.25) is 0 Å². The van der Waals surface area contributed by atoms with Gasteiger partial charge in [-0.2, -0.15) is 0 Å². The highest BCUT2D eigenvalue weighted by molar-refractivity contribution is 5.79. The molecule has 1 atom stereocenters. The first-order valence-corrected chi connectivity index (χ1v) is 7.47. The van der Waals surface area contributed by atoms with Gasteiger partial charge in [0, 0.05) is 46.1 Å². The summed E-state index contributed by atoms with van der Waals surface area (Å²) in [7, 11) is 5.15. The van der Waals surface area contributed by atoms with Gasteiger partial charge in [-0.1, -0.05) is 12.1 Å². The largest absolute Gasteiger partial charge is 0.383 e. The smallest absolute Gasteiger partial charge is 0.191 e. The van der Waals surface area contributed by atoms with E-state index in [2.05, 4.69) is 52.1 Å². The third-order valence-corrected chi connectivity index (χ3v) is 3.07. The number of benzene rings is 1. The number of methoxy groups -OCH3 is 2. The summed E-state index contributed by atoms with van der Waals surface area (Å²) in [6, 6.07) is 8.53. The van der Waals surface area contributed by atoms with Crippen molar-refractivity contribution in [3.63, 3.8) is 0 Å². The number of nitrogens with zero attached hydrogens (tertiary/aromatic N) is 1. The molecule has 0 saturated carbocycles. The summed E-state index contributed by atoms with van der Waals surface area (Å²) in [5, 5.41) is 9.85. The molecule has 0 aliphatic heterocycles. The van der Waals surface area contributed by atoms with Crippen LogP contribution in [0.3, 0.4) is 0 Å². The van der Waals surface area contributed by atoms with Crippen LogP contribution in [0.4, 0.5) is 5.69 Å². The quantitative estimate of drug-likeness (QED) is 0.366. The average Bonchev–Trinajstić information content (AvgIpc) is 2.53. The second-order valence-corrected chi connectivity index (χ2v) is 5.04. The molecule has 6 heteroatoms. The molecule has 0 fully saturated rings. The van der Waals surface area contributed by atoms with Gasteiger partial charge in [0.1, 0.15) is 0 Å². The number of aliphatic imine (C=N–C) groups is 1. The van der Waals surface area contributed by atoms with Gasteiger partial charge in [-0.3, -0.25) is 4.99 Å². The van der Waals surface area contributed by atoms with E-state index in [1.54, 1.807) is 21.3 Å². The van der Waals surface area contributed by atoms with Crippen LogP contribution < -0.4 is 16.0 Å². The third-order valence-electron chi connectivity index (χ3n) is 3.07. The molecule has 0 bridgehead atoms. The number of hydrogen-bond donors (Lipinski definition) is 3. The predicted molar refractivity (Wildman–Crippen MR) is 91.5 cm³/mol. The third kappa shape index (κ3) is 7.28. The number of anilines is 1. The average molecular weight is 308 g/mol. The van der Waals surface area contributed by atoms with E-state index in [0.717, 1.165) is 24.7 Å². The van der Waals surface area contributed by atoms with Crippen LogP contribution in [0, 0.1) is 0 Å². The molecular formula is C16H28N4O2. The second kappa shape index (κ2) is 10.9. The van der Waals surface area contributed by atoms with E-state index < -0.39 is 0 Å². The fraction of sp³-hybridized carbons (Fsp3) is 0.562. The Morgan fingerprint density at radius 3 is 2.50 bits per heavy atom. The zero-order valence-electron chi connectivity index (χ0n) is 14.0. The summed E-state index contributed by atoms with van der Waals surface area (Å²) in [6.07, 6.45) is 0. The van der Waals surface area contributed by atoms with Crippen molar-refractivity contribution in [2.24, 2.45) is 4.99 Å². The molecule has 1 aromatic carbocycles. The molecule has 0 amide bonds. The summed E-state index contributed by atoms with van der Waals surface area (Å²) >= 11 is 0. The minimum absolute atomic E-state index is 0.212. The highest BCUT2D eigenvalue weighted by Gasteiger charge is 2.04. The Kier molecular flexibility index (Phi) is 9.02. The number of guanidine groups is 1. The predicted octanol–water partition coefficient (Wildman–Crippen LogP) is 1.44. The first kappa shape index (κ1) is 18.3. The van der Waals surface area contributed by atoms with Gasteiger partial charge in [0.05, 0.1) is 13.2 Å². The van der Waals surface area contributed by atoms with Crippen LogP contribution in [0.25, 0.3) is 0 Å². The molecule has 0 aliphatic rings. The van der Waals surface area contributed by atoms with E-state index in [0.29, 0.717) is 13.2 Å². The van der Waals surface area contributed by atoms with E-state index in [1.807, 2.05) is 0 Å². The topological polar surface area (TPSA) is 66.9 Å². The van der Waals surface area contributed by atoms with Crippen LogP contribution in [0.1, 0.15) is 12.5 Å². The van der Waals surface area contributed by atoms with Gasteiger partial charge in [-0.15, -0.1) is 0 Å². The molecule has 1 rings (SSSR count). The summed E-state index contributed by atoms with van der Waals surface area (Å²) in [5.74, 6) is 0.770. The lowest BCUT2D eigenvalue weighted by Crippen LogP contribution is -2.43. The summed E-state index contributed by atoms with van der Waals surface area (Å²) in [4.78, 5) is 4.21. The lowest BCUT2D eigenvalue weighted by Gasteiger charge is -2.17. The zero-order chi connectivity index (χ0) is 16.2. The van der Waals surface area contributed by atoms with E-state index in [-0.39, 0.29) is 6.04 Å². The standard InChI is InChI=1S/C16H28N4O2/c1-13(12-22-4)20-16(17-2)19-11-14-5-7-15(8-6-14)18-9-10-21-3/h5-8,13,18H,9-12H2,1-4H3,(H2,17,19,20). The van der Waals surface area contributed by atoms with Crippen molar-refractivity contribution in [2.75, 3.05) is 46.3 Å². The molecule has 0 saturated heterocycles. The molecule has 0 radical (unpaired) electrons. The highest BCUT2D eigenvalue weighted by atomic mass is 16.5. The Morgan fingerprint density at radius 1 is 1.18 bits per heavy atom. The van der Waals surface area contributed by atoms with Crippen molar-refractivity contribution in [3.8, 4) is 0 Å². The van der Waals surface area contributed by atoms with Gasteiger partial charge >= 0.3 is 0 Å². The van der Waals surface area contributed by atoms with E-state index in [9.17, 15) is 0 Å². The Morgan fingerprint density at radius 2 is 1.91 bits per heavy atom. The lowest BCUT2D eigenvalue weighted by atomic mass is 10.2. The number of nitrogens with one attached hydrogen (secondary N) is 3. The molecule has 0 heterocycles. The van der Waals surface area contributed by atoms with Crippen molar-refractivity contribution in [1.29, 1.82) is 0 Å². The normalized spacial score (nSPS) is 12.8. The van der Waals surface area contributed by atoms with Crippen molar-refractivity contribution < 1.29 is 9.47 Å². The van der Waals surface area contributed by atoms with Crippen molar-refractivity contribution in [1.82, 2.24) is 10.6 Å². The lowest BCUT2D eigenvalue weighted by molar-refractivity contribution is 0.179. The molecule has 0 aromatic heterocycles. The van der Waals surface area contributed by atoms with Gasteiger partial charge in [-0.05, 0) is 24.6 Å². The number of hydrogen-bond acceptors (Lipinski definition) is 4. The molecule has 1 unspecified atom stereocenters. The van der Waals surface area contributed by atoms with Crippen molar-refractivity contribution in [2.45, 2.75) is 19.5 Å². The van der Waals surface area contributed by atoms with Gasteiger partial charge in [-0.25, -0.2) is 0 Å². The molecule has 0 aliphatic carbocycles. The van der Waals surface area contributed by atoms with Gasteiger partial charge in [0.15, 0.2) is 5.96 Å². The monoisotopic (exact) mass is 308 g/mol. The fourth-order valence-corrected chi connectivity index (χ4v) is 1.94. The van der Waals surface area contributed by atoms with E-state index in [1.165, 1.54) is 5.56 Å². The van der Waals surface area contributed by atoms with E-state index >= 15 is 0 Å². The first-order chi connectivity index (χ1) is 10.7. The van der Waals surface area contributed by atoms with Crippen LogP contribution in [0.2, 0.25) is 0 Å². The molecule has 22 heavy (non-hydrogen) atoms. The SMILES string of the molecule is CN=C(NCc1ccc(NCCOC)cc1)NC(C)COC. The highest BCUT2D eigenvalue weighted by Crippen LogP contribution is 2.08. The fourth-order valence-electron chi connectivity index (χ4n) is 1.94. The maximum absolute atomic E-state index is 5.10. The maximum Gasteiger partial charge on any atom is 0.191 e. The molecule has 3 N–H and O–H groups in total. The molecular weight excluding hydrogens is 280 g/mol. The maximum atomic E-state index is 5.10. The van der Waals surface area contributed by atoms with Crippen LogP contribution >= 0.6 is 0 Å².